The van der Waals surface area contributed by atoms with Crippen LogP contribution in [0, 0.1) is 6.92 Å². The van der Waals surface area contributed by atoms with Gasteiger partial charge in [0, 0.05) is 37.3 Å². The SMILES string of the molecule is Cc1cnc(NC(=O)c2cc(OCC(=O)N3CCOCC3)n(C)n2)s1. The van der Waals surface area contributed by atoms with Crippen molar-refractivity contribution < 1.29 is 19.1 Å². The minimum Gasteiger partial charge on any atom is -0.468 e. The molecule has 1 aliphatic heterocycles. The third kappa shape index (κ3) is 4.34. The Hall–Kier alpha value is -2.46. The maximum Gasteiger partial charge on any atom is 0.278 e. The van der Waals surface area contributed by atoms with E-state index in [1.165, 1.54) is 22.1 Å². The molecule has 0 aromatic carbocycles. The van der Waals surface area contributed by atoms with Crippen LogP contribution in [0.15, 0.2) is 12.3 Å². The van der Waals surface area contributed by atoms with Gasteiger partial charge in [-0.25, -0.2) is 9.67 Å². The van der Waals surface area contributed by atoms with E-state index in [1.54, 1.807) is 18.1 Å². The first kappa shape index (κ1) is 17.4. The number of carbonyl (C=O) groups is 2. The zero-order chi connectivity index (χ0) is 17.8. The molecule has 0 spiro atoms. The molecule has 0 atom stereocenters. The standard InChI is InChI=1S/C15H19N5O4S/c1-10-8-16-15(25-10)17-14(22)11-7-13(19(2)18-11)24-9-12(21)20-3-5-23-6-4-20/h7-8H,3-6,9H2,1-2H3,(H,16,17,22). The van der Waals surface area contributed by atoms with Crippen molar-refractivity contribution in [1.29, 1.82) is 0 Å². The van der Waals surface area contributed by atoms with Crippen LogP contribution >= 0.6 is 11.3 Å². The molecule has 10 heteroatoms. The van der Waals surface area contributed by atoms with Crippen LogP contribution in [0.1, 0.15) is 15.4 Å². The zero-order valence-electron chi connectivity index (χ0n) is 14.0. The Kier molecular flexibility index (Phi) is 5.29. The highest BCUT2D eigenvalue weighted by Crippen LogP contribution is 2.18. The van der Waals surface area contributed by atoms with Gasteiger partial charge in [-0.05, 0) is 6.92 Å². The van der Waals surface area contributed by atoms with Crippen molar-refractivity contribution in [3.63, 3.8) is 0 Å². The highest BCUT2D eigenvalue weighted by atomic mass is 32.1. The largest absolute Gasteiger partial charge is 0.468 e. The predicted octanol–water partition coefficient (Wildman–Crippen LogP) is 0.675. The van der Waals surface area contributed by atoms with E-state index in [0.717, 1.165) is 4.88 Å². The molecule has 2 amide bonds. The van der Waals surface area contributed by atoms with Crippen LogP contribution in [0.3, 0.4) is 0 Å². The summed E-state index contributed by atoms with van der Waals surface area (Å²) in [5.41, 5.74) is 0.198. The third-order valence-corrected chi connectivity index (χ3v) is 4.45. The lowest BCUT2D eigenvalue weighted by atomic mass is 10.4. The number of hydrogen-bond acceptors (Lipinski definition) is 7. The van der Waals surface area contributed by atoms with Crippen molar-refractivity contribution in [1.82, 2.24) is 19.7 Å². The van der Waals surface area contributed by atoms with E-state index in [4.69, 9.17) is 9.47 Å². The molecule has 1 saturated heterocycles. The highest BCUT2D eigenvalue weighted by molar-refractivity contribution is 7.15. The van der Waals surface area contributed by atoms with Gasteiger partial charge in [0.2, 0.25) is 5.88 Å². The molecule has 9 nitrogen and oxygen atoms in total. The molecule has 0 bridgehead atoms. The Morgan fingerprint density at radius 2 is 2.16 bits per heavy atom. The Morgan fingerprint density at radius 3 is 2.84 bits per heavy atom. The summed E-state index contributed by atoms with van der Waals surface area (Å²) < 4.78 is 12.2. The second-order valence-corrected chi connectivity index (χ2v) is 6.74. The van der Waals surface area contributed by atoms with Gasteiger partial charge in [-0.3, -0.25) is 14.9 Å². The van der Waals surface area contributed by atoms with Crippen molar-refractivity contribution in [2.75, 3.05) is 38.2 Å². The van der Waals surface area contributed by atoms with E-state index in [0.29, 0.717) is 37.3 Å². The number of ether oxygens (including phenoxy) is 2. The predicted molar refractivity (Wildman–Crippen MR) is 90.9 cm³/mol. The summed E-state index contributed by atoms with van der Waals surface area (Å²) in [7, 11) is 1.65. The van der Waals surface area contributed by atoms with Gasteiger partial charge < -0.3 is 14.4 Å². The van der Waals surface area contributed by atoms with E-state index in [-0.39, 0.29) is 24.1 Å². The Balaban J connectivity index is 1.58. The van der Waals surface area contributed by atoms with Crippen molar-refractivity contribution >= 4 is 28.3 Å². The molecule has 0 aliphatic carbocycles. The Bertz CT molecular complexity index is 766. The topological polar surface area (TPSA) is 98.6 Å². The van der Waals surface area contributed by atoms with Crippen LogP contribution in [-0.4, -0.2) is 64.4 Å². The number of thiazole rings is 1. The summed E-state index contributed by atoms with van der Waals surface area (Å²) >= 11 is 1.38. The summed E-state index contributed by atoms with van der Waals surface area (Å²) in [5.74, 6) is -0.143. The summed E-state index contributed by atoms with van der Waals surface area (Å²) in [4.78, 5) is 31.1. The number of carbonyl (C=O) groups excluding carboxylic acids is 2. The number of nitrogens with one attached hydrogen (secondary N) is 1. The van der Waals surface area contributed by atoms with Gasteiger partial charge in [0.25, 0.3) is 11.8 Å². The van der Waals surface area contributed by atoms with Crippen LogP contribution in [0.2, 0.25) is 0 Å². The molecule has 0 unspecified atom stereocenters. The molecular formula is C15H19N5O4S. The van der Waals surface area contributed by atoms with Gasteiger partial charge >= 0.3 is 0 Å². The molecule has 2 aromatic heterocycles. The summed E-state index contributed by atoms with van der Waals surface area (Å²) in [6.07, 6.45) is 1.69. The zero-order valence-corrected chi connectivity index (χ0v) is 14.8. The normalized spacial score (nSPS) is 14.4. The number of rotatable bonds is 5. The van der Waals surface area contributed by atoms with E-state index < -0.39 is 0 Å². The van der Waals surface area contributed by atoms with Crippen LogP contribution in [0.4, 0.5) is 5.13 Å². The Labute approximate surface area is 148 Å². The third-order valence-electron chi connectivity index (χ3n) is 3.62. The van der Waals surface area contributed by atoms with E-state index in [2.05, 4.69) is 15.4 Å². The van der Waals surface area contributed by atoms with Crippen LogP contribution in [0.25, 0.3) is 0 Å². The highest BCUT2D eigenvalue weighted by Gasteiger charge is 2.19. The molecule has 1 aliphatic rings. The van der Waals surface area contributed by atoms with Crippen LogP contribution in [-0.2, 0) is 16.6 Å². The smallest absolute Gasteiger partial charge is 0.278 e. The van der Waals surface area contributed by atoms with E-state index >= 15 is 0 Å². The molecule has 3 heterocycles. The van der Waals surface area contributed by atoms with Crippen LogP contribution < -0.4 is 10.1 Å². The molecule has 3 rings (SSSR count). The first-order valence-corrected chi connectivity index (χ1v) is 8.61. The van der Waals surface area contributed by atoms with Crippen molar-refractivity contribution in [2.45, 2.75) is 6.92 Å². The number of aryl methyl sites for hydroxylation is 2. The maximum absolute atomic E-state index is 12.2. The first-order chi connectivity index (χ1) is 12.0. The molecule has 134 valence electrons. The van der Waals surface area contributed by atoms with Crippen molar-refractivity contribution in [3.05, 3.63) is 22.8 Å². The number of morpholine rings is 1. The average molecular weight is 365 g/mol. The number of nitrogens with zero attached hydrogens (tertiary/aromatic N) is 4. The number of hydrogen-bond donors (Lipinski definition) is 1. The van der Waals surface area contributed by atoms with Gasteiger partial charge in [0.05, 0.1) is 13.2 Å². The minimum atomic E-state index is -0.376. The van der Waals surface area contributed by atoms with Gasteiger partial charge in [-0.2, -0.15) is 5.10 Å². The molecule has 25 heavy (non-hydrogen) atoms. The lowest BCUT2D eigenvalue weighted by Crippen LogP contribution is -2.43. The van der Waals surface area contributed by atoms with Crippen LogP contribution in [0.5, 0.6) is 5.88 Å². The lowest BCUT2D eigenvalue weighted by Gasteiger charge is -2.26. The number of amides is 2. The van der Waals surface area contributed by atoms with Crippen molar-refractivity contribution in [2.24, 2.45) is 7.05 Å². The molecule has 2 aromatic rings. The van der Waals surface area contributed by atoms with Crippen molar-refractivity contribution in [3.8, 4) is 5.88 Å². The van der Waals surface area contributed by atoms with E-state index in [1.807, 2.05) is 6.92 Å². The minimum absolute atomic E-state index is 0.105. The fraction of sp³-hybridized carbons (Fsp3) is 0.467. The van der Waals surface area contributed by atoms with Gasteiger partial charge in [0.15, 0.2) is 17.4 Å². The van der Waals surface area contributed by atoms with Gasteiger partial charge in [-0.15, -0.1) is 11.3 Å². The van der Waals surface area contributed by atoms with Gasteiger partial charge in [0.1, 0.15) is 0 Å². The average Bonchev–Trinajstić information content (AvgIpc) is 3.19. The fourth-order valence-corrected chi connectivity index (χ4v) is 2.97. The quantitative estimate of drug-likeness (QED) is 0.836. The number of aromatic nitrogens is 3. The first-order valence-electron chi connectivity index (χ1n) is 7.79. The van der Waals surface area contributed by atoms with E-state index in [9.17, 15) is 9.59 Å². The second kappa shape index (κ2) is 7.62. The summed E-state index contributed by atoms with van der Waals surface area (Å²) in [6.45, 7) is 4.01. The fourth-order valence-electron chi connectivity index (χ4n) is 2.31. The maximum atomic E-state index is 12.2. The Morgan fingerprint density at radius 1 is 1.40 bits per heavy atom. The molecule has 1 fully saturated rings. The summed E-state index contributed by atoms with van der Waals surface area (Å²) in [5, 5.41) is 7.31. The lowest BCUT2D eigenvalue weighted by molar-refractivity contribution is -0.137. The number of anilines is 1. The molecule has 1 N–H and O–H groups in total. The molecule has 0 radical (unpaired) electrons. The monoisotopic (exact) mass is 365 g/mol. The molecule has 0 saturated carbocycles. The second-order valence-electron chi connectivity index (χ2n) is 5.50. The molecular weight excluding hydrogens is 346 g/mol. The summed E-state index contributed by atoms with van der Waals surface area (Å²) in [6, 6.07) is 1.50. The van der Waals surface area contributed by atoms with Gasteiger partial charge in [-0.1, -0.05) is 0 Å².